The summed E-state index contributed by atoms with van der Waals surface area (Å²) in [5, 5.41) is 0. The Morgan fingerprint density at radius 1 is 1.09 bits per heavy atom. The van der Waals surface area contributed by atoms with Gasteiger partial charge in [-0.1, -0.05) is 18.6 Å². The molecule has 1 aliphatic carbocycles. The highest BCUT2D eigenvalue weighted by Gasteiger charge is 2.35. The molecule has 0 aromatic heterocycles. The van der Waals surface area contributed by atoms with Crippen LogP contribution in [0.2, 0.25) is 0 Å². The molecule has 0 spiro atoms. The van der Waals surface area contributed by atoms with Crippen molar-refractivity contribution >= 4 is 5.91 Å². The largest absolute Gasteiger partial charge is 0.330 e. The minimum absolute atomic E-state index is 0.0443. The summed E-state index contributed by atoms with van der Waals surface area (Å²) in [5.41, 5.74) is 0. The third kappa shape index (κ3) is 4.92. The highest BCUT2D eigenvalue weighted by atomic mass is 16.2. The monoisotopic (exact) mass is 321 g/mol. The number of rotatable bonds is 7. The number of nitrogens with zero attached hydrogens (tertiary/aromatic N) is 1. The number of carbonyl (C=O) groups excluding carboxylic acids is 1. The van der Waals surface area contributed by atoms with Crippen LogP contribution in [0.4, 0.5) is 0 Å². The van der Waals surface area contributed by atoms with Crippen LogP contribution in [-0.2, 0) is 4.79 Å². The van der Waals surface area contributed by atoms with E-state index in [0.29, 0.717) is 13.1 Å². The van der Waals surface area contributed by atoms with Crippen molar-refractivity contribution in [1.29, 1.82) is 0 Å². The lowest BCUT2D eigenvalue weighted by Gasteiger charge is -2.38. The summed E-state index contributed by atoms with van der Waals surface area (Å²) in [6, 6.07) is 0.928. The Balaban J connectivity index is 1.84. The Labute approximate surface area is 141 Å². The summed E-state index contributed by atoms with van der Waals surface area (Å²) in [7, 11) is 0. The molecule has 0 aromatic rings. The molecule has 130 valence electrons. The predicted molar refractivity (Wildman–Crippen MR) is 94.7 cm³/mol. The third-order valence-electron chi connectivity index (χ3n) is 5.71. The number of hydrogen-bond acceptors (Lipinski definition) is 1. The van der Waals surface area contributed by atoms with E-state index in [-0.39, 0.29) is 11.9 Å². The molecule has 1 amide bonds. The van der Waals surface area contributed by atoms with E-state index >= 15 is 0 Å². The standard InChI is InChI=1S/C19H33N3O/c1-4-11-22(12-5-2)19(23)17(3)20-13-15-21(16-14-20)18-9-7-6-8-10-18/h4-5,17-18H,1-2,6-16H2,3H3/p+2/t17-/m0/s1. The number of nitrogens with one attached hydrogen (secondary N) is 2. The molecule has 2 rings (SSSR count). The smallest absolute Gasteiger partial charge is 0.281 e. The van der Waals surface area contributed by atoms with Crippen LogP contribution in [0, 0.1) is 0 Å². The molecule has 0 unspecified atom stereocenters. The Morgan fingerprint density at radius 2 is 1.65 bits per heavy atom. The summed E-state index contributed by atoms with van der Waals surface area (Å²) in [5.74, 6) is 0.237. The fourth-order valence-electron chi connectivity index (χ4n) is 4.26. The normalized spacial score (nSPS) is 27.2. The van der Waals surface area contributed by atoms with Crippen molar-refractivity contribution in [2.24, 2.45) is 0 Å². The van der Waals surface area contributed by atoms with Crippen LogP contribution in [0.3, 0.4) is 0 Å². The molecule has 0 radical (unpaired) electrons. The highest BCUT2D eigenvalue weighted by Crippen LogP contribution is 2.15. The van der Waals surface area contributed by atoms with Gasteiger partial charge in [0.1, 0.15) is 26.2 Å². The van der Waals surface area contributed by atoms with Gasteiger partial charge in [-0.15, -0.1) is 13.2 Å². The van der Waals surface area contributed by atoms with Crippen LogP contribution >= 0.6 is 0 Å². The van der Waals surface area contributed by atoms with E-state index in [0.717, 1.165) is 19.1 Å². The van der Waals surface area contributed by atoms with Crippen molar-refractivity contribution in [3.8, 4) is 0 Å². The zero-order valence-corrected chi connectivity index (χ0v) is 14.9. The van der Waals surface area contributed by atoms with E-state index in [1.54, 1.807) is 17.1 Å². The summed E-state index contributed by atoms with van der Waals surface area (Å²) in [6.07, 6.45) is 10.7. The van der Waals surface area contributed by atoms with Crippen molar-refractivity contribution < 1.29 is 14.6 Å². The second-order valence-corrected chi connectivity index (χ2v) is 7.19. The van der Waals surface area contributed by atoms with Crippen LogP contribution in [-0.4, -0.2) is 62.2 Å². The topological polar surface area (TPSA) is 29.2 Å². The maximum absolute atomic E-state index is 12.7. The van der Waals surface area contributed by atoms with E-state index in [2.05, 4.69) is 20.1 Å². The Bertz CT molecular complexity index is 385. The molecule has 2 aliphatic rings. The molecular formula is C19H35N3O+2. The Kier molecular flexibility index (Phi) is 7.31. The molecule has 1 saturated carbocycles. The summed E-state index contributed by atoms with van der Waals surface area (Å²) in [6.45, 7) is 15.5. The average molecular weight is 322 g/mol. The summed E-state index contributed by atoms with van der Waals surface area (Å²) >= 11 is 0. The number of piperazine rings is 1. The maximum Gasteiger partial charge on any atom is 0.281 e. The van der Waals surface area contributed by atoms with Gasteiger partial charge in [0, 0.05) is 13.1 Å². The molecule has 0 aromatic carbocycles. The first-order valence-corrected chi connectivity index (χ1v) is 9.37. The van der Waals surface area contributed by atoms with Gasteiger partial charge in [0.25, 0.3) is 5.91 Å². The van der Waals surface area contributed by atoms with Gasteiger partial charge >= 0.3 is 0 Å². The minimum atomic E-state index is 0.0443. The number of hydrogen-bond donors (Lipinski definition) is 2. The first-order chi connectivity index (χ1) is 11.2. The molecule has 0 bridgehead atoms. The lowest BCUT2D eigenvalue weighted by Crippen LogP contribution is -3.31. The SMILES string of the molecule is C=CCN(CC=C)C(=O)[C@H](C)[NH+]1CC[NH+](C2CCCCC2)CC1. The van der Waals surface area contributed by atoms with Gasteiger partial charge in [-0.05, 0) is 32.6 Å². The lowest BCUT2D eigenvalue weighted by atomic mass is 9.93. The van der Waals surface area contributed by atoms with Gasteiger partial charge in [-0.3, -0.25) is 4.79 Å². The van der Waals surface area contributed by atoms with Crippen LogP contribution in [0.5, 0.6) is 0 Å². The van der Waals surface area contributed by atoms with Crippen LogP contribution in [0.25, 0.3) is 0 Å². The average Bonchev–Trinajstić information content (AvgIpc) is 2.61. The quantitative estimate of drug-likeness (QED) is 0.619. The van der Waals surface area contributed by atoms with E-state index < -0.39 is 0 Å². The molecule has 1 heterocycles. The van der Waals surface area contributed by atoms with Crippen molar-refractivity contribution in [3.05, 3.63) is 25.3 Å². The Hall–Kier alpha value is -1.13. The molecule has 2 N–H and O–H groups in total. The maximum atomic E-state index is 12.7. The zero-order chi connectivity index (χ0) is 16.7. The first kappa shape index (κ1) is 18.2. The molecule has 23 heavy (non-hydrogen) atoms. The van der Waals surface area contributed by atoms with Crippen molar-refractivity contribution in [3.63, 3.8) is 0 Å². The van der Waals surface area contributed by atoms with E-state index in [1.807, 2.05) is 4.90 Å². The molecule has 2 fully saturated rings. The fraction of sp³-hybridized carbons (Fsp3) is 0.737. The van der Waals surface area contributed by atoms with Gasteiger partial charge in [0.05, 0.1) is 6.04 Å². The first-order valence-electron chi connectivity index (χ1n) is 9.37. The van der Waals surface area contributed by atoms with Gasteiger partial charge < -0.3 is 14.7 Å². The van der Waals surface area contributed by atoms with E-state index in [1.165, 1.54) is 50.1 Å². The Morgan fingerprint density at radius 3 is 2.17 bits per heavy atom. The van der Waals surface area contributed by atoms with Crippen LogP contribution < -0.4 is 9.80 Å². The van der Waals surface area contributed by atoms with E-state index in [9.17, 15) is 4.79 Å². The van der Waals surface area contributed by atoms with Crippen molar-refractivity contribution in [1.82, 2.24) is 4.90 Å². The number of amides is 1. The van der Waals surface area contributed by atoms with E-state index in [4.69, 9.17) is 0 Å². The number of carbonyl (C=O) groups is 1. The molecule has 4 heteroatoms. The van der Waals surface area contributed by atoms with Crippen LogP contribution in [0.1, 0.15) is 39.0 Å². The third-order valence-corrected chi connectivity index (χ3v) is 5.71. The van der Waals surface area contributed by atoms with Gasteiger partial charge in [0.2, 0.25) is 0 Å². The molecule has 1 atom stereocenters. The molecule has 4 nitrogen and oxygen atoms in total. The minimum Gasteiger partial charge on any atom is -0.330 e. The lowest BCUT2D eigenvalue weighted by molar-refractivity contribution is -1.03. The predicted octanol–water partition coefficient (Wildman–Crippen LogP) is -0.308. The number of quaternary nitrogens is 2. The highest BCUT2D eigenvalue weighted by molar-refractivity contribution is 5.80. The zero-order valence-electron chi connectivity index (χ0n) is 14.9. The summed E-state index contributed by atoms with van der Waals surface area (Å²) in [4.78, 5) is 17.8. The molecule has 1 aliphatic heterocycles. The molecule has 1 saturated heterocycles. The van der Waals surface area contributed by atoms with Gasteiger partial charge in [-0.2, -0.15) is 0 Å². The van der Waals surface area contributed by atoms with Gasteiger partial charge in [-0.25, -0.2) is 0 Å². The van der Waals surface area contributed by atoms with Crippen molar-refractivity contribution in [2.45, 2.75) is 51.1 Å². The van der Waals surface area contributed by atoms with Crippen molar-refractivity contribution in [2.75, 3.05) is 39.3 Å². The fourth-order valence-corrected chi connectivity index (χ4v) is 4.26. The molecular weight excluding hydrogens is 286 g/mol. The summed E-state index contributed by atoms with van der Waals surface area (Å²) < 4.78 is 0. The van der Waals surface area contributed by atoms with Gasteiger partial charge in [0.15, 0.2) is 6.04 Å². The second-order valence-electron chi connectivity index (χ2n) is 7.19. The second kappa shape index (κ2) is 9.24. The van der Waals surface area contributed by atoms with Crippen LogP contribution in [0.15, 0.2) is 25.3 Å².